The van der Waals surface area contributed by atoms with E-state index >= 15 is 0 Å². The van der Waals surface area contributed by atoms with E-state index in [9.17, 15) is 4.79 Å². The molecule has 0 aliphatic rings. The van der Waals surface area contributed by atoms with Crippen LogP contribution in [0.4, 0.5) is 11.4 Å². The van der Waals surface area contributed by atoms with E-state index in [1.54, 1.807) is 6.07 Å². The summed E-state index contributed by atoms with van der Waals surface area (Å²) >= 11 is 3.35. The molecule has 1 rings (SSSR count). The number of anilines is 2. The summed E-state index contributed by atoms with van der Waals surface area (Å²) in [7, 11) is 0. The molecule has 15 heavy (non-hydrogen) atoms. The Labute approximate surface area is 98.2 Å². The third-order valence-electron chi connectivity index (χ3n) is 2.07. The van der Waals surface area contributed by atoms with Crippen LogP contribution in [0.25, 0.3) is 0 Å². The molecule has 1 aromatic carbocycles. The van der Waals surface area contributed by atoms with Gasteiger partial charge in [0.15, 0.2) is 0 Å². The Hall–Kier alpha value is -1.03. The Morgan fingerprint density at radius 1 is 1.53 bits per heavy atom. The molecule has 0 heterocycles. The number of nitrogens with one attached hydrogen (secondary N) is 1. The van der Waals surface area contributed by atoms with Crippen molar-refractivity contribution in [2.45, 2.75) is 26.7 Å². The molecule has 0 aromatic heterocycles. The van der Waals surface area contributed by atoms with Gasteiger partial charge >= 0.3 is 0 Å². The normalized spacial score (nSPS) is 10.1. The lowest BCUT2D eigenvalue weighted by atomic mass is 10.1. The summed E-state index contributed by atoms with van der Waals surface area (Å²) in [6, 6.07) is 3.71. The molecule has 1 aromatic rings. The van der Waals surface area contributed by atoms with E-state index in [1.807, 2.05) is 19.9 Å². The molecule has 0 radical (unpaired) electrons. The molecule has 0 spiro atoms. The summed E-state index contributed by atoms with van der Waals surface area (Å²) in [6.07, 6.45) is 1.36. The van der Waals surface area contributed by atoms with Crippen LogP contribution in [0.1, 0.15) is 25.3 Å². The monoisotopic (exact) mass is 270 g/mol. The first-order chi connectivity index (χ1) is 7.04. The third-order valence-corrected chi connectivity index (χ3v) is 2.53. The van der Waals surface area contributed by atoms with Gasteiger partial charge in [0.05, 0.1) is 11.4 Å². The highest BCUT2D eigenvalue weighted by Gasteiger charge is 2.08. The number of hydrogen-bond acceptors (Lipinski definition) is 2. The Bertz CT molecular complexity index is 354. The molecule has 0 saturated heterocycles. The number of nitrogens with two attached hydrogens (primary N) is 1. The lowest BCUT2D eigenvalue weighted by Gasteiger charge is -2.11. The third kappa shape index (κ3) is 3.23. The van der Waals surface area contributed by atoms with E-state index in [0.29, 0.717) is 12.1 Å². The van der Waals surface area contributed by atoms with Crippen molar-refractivity contribution in [1.29, 1.82) is 0 Å². The zero-order chi connectivity index (χ0) is 11.4. The van der Waals surface area contributed by atoms with E-state index in [1.165, 1.54) is 0 Å². The first kappa shape index (κ1) is 12.0. The molecule has 3 N–H and O–H groups in total. The van der Waals surface area contributed by atoms with Crippen LogP contribution in [0.2, 0.25) is 0 Å². The molecule has 0 saturated carbocycles. The van der Waals surface area contributed by atoms with Crippen molar-refractivity contribution in [3.8, 4) is 0 Å². The van der Waals surface area contributed by atoms with Gasteiger partial charge in [-0.2, -0.15) is 0 Å². The van der Waals surface area contributed by atoms with Crippen molar-refractivity contribution in [3.05, 3.63) is 22.2 Å². The zero-order valence-corrected chi connectivity index (χ0v) is 10.5. The molecule has 0 aliphatic heterocycles. The lowest BCUT2D eigenvalue weighted by Crippen LogP contribution is -2.13. The van der Waals surface area contributed by atoms with Crippen LogP contribution < -0.4 is 11.1 Å². The topological polar surface area (TPSA) is 55.1 Å². The molecule has 0 fully saturated rings. The molecule has 4 heteroatoms. The van der Waals surface area contributed by atoms with Gasteiger partial charge in [-0.1, -0.05) is 22.9 Å². The number of aryl methyl sites for hydroxylation is 1. The molecule has 0 aliphatic carbocycles. The predicted octanol–water partition coefficient (Wildman–Crippen LogP) is 3.08. The molecular weight excluding hydrogens is 256 g/mol. The Morgan fingerprint density at radius 2 is 2.20 bits per heavy atom. The fourth-order valence-corrected chi connectivity index (χ4v) is 1.96. The molecule has 0 bridgehead atoms. The maximum atomic E-state index is 11.4. The lowest BCUT2D eigenvalue weighted by molar-refractivity contribution is -0.116. The number of hydrogen-bond donors (Lipinski definition) is 2. The van der Waals surface area contributed by atoms with Crippen molar-refractivity contribution in [3.63, 3.8) is 0 Å². The van der Waals surface area contributed by atoms with Crippen LogP contribution in [0.3, 0.4) is 0 Å². The summed E-state index contributed by atoms with van der Waals surface area (Å²) in [6.45, 7) is 3.89. The van der Waals surface area contributed by atoms with Crippen molar-refractivity contribution < 1.29 is 4.79 Å². The van der Waals surface area contributed by atoms with Crippen LogP contribution in [0.5, 0.6) is 0 Å². The minimum absolute atomic E-state index is 0.00891. The summed E-state index contributed by atoms with van der Waals surface area (Å²) in [5.41, 5.74) is 8.09. The number of rotatable bonds is 3. The summed E-state index contributed by atoms with van der Waals surface area (Å²) in [5.74, 6) is 0.00891. The van der Waals surface area contributed by atoms with E-state index in [2.05, 4.69) is 21.2 Å². The van der Waals surface area contributed by atoms with Crippen molar-refractivity contribution in [1.82, 2.24) is 0 Å². The minimum Gasteiger partial charge on any atom is -0.397 e. The van der Waals surface area contributed by atoms with Gasteiger partial charge in [-0.3, -0.25) is 4.79 Å². The standard InChI is InChI=1S/C11H15BrN2O/c1-3-4-10(15)14-11-7(2)5-8(12)6-9(11)13/h5-6H,3-4,13H2,1-2H3,(H,14,15). The maximum absolute atomic E-state index is 11.4. The quantitative estimate of drug-likeness (QED) is 0.830. The SMILES string of the molecule is CCCC(=O)Nc1c(C)cc(Br)cc1N. The number of benzene rings is 1. The second-order valence-electron chi connectivity index (χ2n) is 3.49. The predicted molar refractivity (Wildman–Crippen MR) is 66.8 cm³/mol. The zero-order valence-electron chi connectivity index (χ0n) is 8.93. The Morgan fingerprint density at radius 3 is 2.73 bits per heavy atom. The van der Waals surface area contributed by atoms with E-state index < -0.39 is 0 Å². The first-order valence-electron chi connectivity index (χ1n) is 4.90. The van der Waals surface area contributed by atoms with Gasteiger partial charge in [0.1, 0.15) is 0 Å². The summed E-state index contributed by atoms with van der Waals surface area (Å²) in [4.78, 5) is 11.4. The summed E-state index contributed by atoms with van der Waals surface area (Å²) < 4.78 is 0.922. The highest BCUT2D eigenvalue weighted by atomic mass is 79.9. The van der Waals surface area contributed by atoms with Crippen LogP contribution in [0, 0.1) is 6.92 Å². The molecule has 0 atom stereocenters. The second kappa shape index (κ2) is 5.16. The number of carbonyl (C=O) groups excluding carboxylic acids is 1. The van der Waals surface area contributed by atoms with Gasteiger partial charge in [-0.05, 0) is 31.0 Å². The molecule has 82 valence electrons. The highest BCUT2D eigenvalue weighted by Crippen LogP contribution is 2.27. The fraction of sp³-hybridized carbons (Fsp3) is 0.364. The number of carbonyl (C=O) groups is 1. The van der Waals surface area contributed by atoms with Gasteiger partial charge < -0.3 is 11.1 Å². The molecule has 0 unspecified atom stereocenters. The van der Waals surface area contributed by atoms with Crippen molar-refractivity contribution in [2.75, 3.05) is 11.1 Å². The molecule has 3 nitrogen and oxygen atoms in total. The van der Waals surface area contributed by atoms with Gasteiger partial charge in [-0.15, -0.1) is 0 Å². The van der Waals surface area contributed by atoms with Crippen LogP contribution in [-0.2, 0) is 4.79 Å². The second-order valence-corrected chi connectivity index (χ2v) is 4.40. The maximum Gasteiger partial charge on any atom is 0.224 e. The molecule has 1 amide bonds. The van der Waals surface area contributed by atoms with E-state index in [0.717, 1.165) is 22.1 Å². The Kier molecular flexibility index (Phi) is 4.15. The average molecular weight is 271 g/mol. The van der Waals surface area contributed by atoms with Crippen molar-refractivity contribution >= 4 is 33.2 Å². The average Bonchev–Trinajstić information content (AvgIpc) is 2.11. The van der Waals surface area contributed by atoms with Gasteiger partial charge in [0.2, 0.25) is 5.91 Å². The number of halogens is 1. The van der Waals surface area contributed by atoms with E-state index in [4.69, 9.17) is 5.73 Å². The van der Waals surface area contributed by atoms with Crippen LogP contribution in [-0.4, -0.2) is 5.91 Å². The summed E-state index contributed by atoms with van der Waals surface area (Å²) in [5, 5.41) is 2.82. The van der Waals surface area contributed by atoms with Gasteiger partial charge in [0.25, 0.3) is 0 Å². The highest BCUT2D eigenvalue weighted by molar-refractivity contribution is 9.10. The smallest absolute Gasteiger partial charge is 0.224 e. The number of nitrogen functional groups attached to an aromatic ring is 1. The van der Waals surface area contributed by atoms with Crippen LogP contribution in [0.15, 0.2) is 16.6 Å². The molecular formula is C11H15BrN2O. The van der Waals surface area contributed by atoms with Gasteiger partial charge in [-0.25, -0.2) is 0 Å². The van der Waals surface area contributed by atoms with E-state index in [-0.39, 0.29) is 5.91 Å². The minimum atomic E-state index is 0.00891. The first-order valence-corrected chi connectivity index (χ1v) is 5.69. The largest absolute Gasteiger partial charge is 0.397 e. The van der Waals surface area contributed by atoms with Crippen molar-refractivity contribution in [2.24, 2.45) is 0 Å². The van der Waals surface area contributed by atoms with Gasteiger partial charge in [0, 0.05) is 10.9 Å². The fourth-order valence-electron chi connectivity index (χ4n) is 1.37. The van der Waals surface area contributed by atoms with Crippen LogP contribution >= 0.6 is 15.9 Å². The Balaban J connectivity index is 2.90. The number of amides is 1.